The van der Waals surface area contributed by atoms with Crippen LogP contribution in [0.5, 0.6) is 0 Å². The number of para-hydroxylation sites is 1. The van der Waals surface area contributed by atoms with Crippen molar-refractivity contribution in [3.05, 3.63) is 30.3 Å². The molecule has 1 aromatic rings. The Balaban J connectivity index is 1.26. The van der Waals surface area contributed by atoms with Gasteiger partial charge in [-0.25, -0.2) is 15.1 Å². The third-order valence-electron chi connectivity index (χ3n) is 7.90. The second-order valence-corrected chi connectivity index (χ2v) is 10.3. The fraction of sp³-hybridized carbons (Fsp3) is 0.630. The lowest BCUT2D eigenvalue weighted by atomic mass is 9.76. The molecule has 2 heterocycles. The van der Waals surface area contributed by atoms with Gasteiger partial charge in [-0.3, -0.25) is 14.8 Å². The van der Waals surface area contributed by atoms with Crippen LogP contribution >= 0.6 is 0 Å². The van der Waals surface area contributed by atoms with Gasteiger partial charge >= 0.3 is 12.2 Å². The monoisotopic (exact) mass is 545 g/mol. The number of hydrogen-bond acceptors (Lipinski definition) is 8. The minimum absolute atomic E-state index is 0.104. The number of piperazine rings is 1. The predicted molar refractivity (Wildman–Crippen MR) is 141 cm³/mol. The number of benzene rings is 1. The number of rotatable bonds is 6. The Morgan fingerprint density at radius 2 is 1.59 bits per heavy atom. The first-order valence-corrected chi connectivity index (χ1v) is 13.8. The van der Waals surface area contributed by atoms with Crippen LogP contribution in [0.3, 0.4) is 0 Å². The van der Waals surface area contributed by atoms with Crippen molar-refractivity contribution in [2.45, 2.75) is 51.2 Å². The Kier molecular flexibility index (Phi) is 9.85. The molecule has 0 spiro atoms. The zero-order chi connectivity index (χ0) is 27.8. The van der Waals surface area contributed by atoms with Crippen molar-refractivity contribution >= 4 is 29.7 Å². The summed E-state index contributed by atoms with van der Waals surface area (Å²) in [6.45, 7) is 5.54. The van der Waals surface area contributed by atoms with E-state index in [0.29, 0.717) is 71.6 Å². The maximum Gasteiger partial charge on any atom is 0.409 e. The first-order valence-electron chi connectivity index (χ1n) is 13.8. The predicted octanol–water partition coefficient (Wildman–Crippen LogP) is 1.97. The smallest absolute Gasteiger partial charge is 0.409 e. The Morgan fingerprint density at radius 1 is 0.897 bits per heavy atom. The van der Waals surface area contributed by atoms with E-state index in [-0.39, 0.29) is 24.5 Å². The molecule has 2 saturated heterocycles. The molecule has 3 fully saturated rings. The summed E-state index contributed by atoms with van der Waals surface area (Å²) in [6, 6.07) is 9.90. The number of hydrogen-bond donors (Lipinski definition) is 3. The second kappa shape index (κ2) is 13.5. The number of anilines is 1. The third kappa shape index (κ3) is 7.31. The number of carbonyl (C=O) groups is 4. The van der Waals surface area contributed by atoms with E-state index in [1.807, 2.05) is 30.3 Å². The van der Waals surface area contributed by atoms with E-state index >= 15 is 0 Å². The van der Waals surface area contributed by atoms with Crippen LogP contribution in [-0.4, -0.2) is 97.0 Å². The first kappa shape index (κ1) is 28.5. The summed E-state index contributed by atoms with van der Waals surface area (Å²) < 4.78 is 10.6. The number of hydroxylamine groups is 1. The number of ether oxygens (including phenoxy) is 2. The molecule has 1 aromatic carbocycles. The zero-order valence-corrected chi connectivity index (χ0v) is 22.4. The molecule has 3 aliphatic rings. The third-order valence-corrected chi connectivity index (χ3v) is 7.90. The van der Waals surface area contributed by atoms with E-state index < -0.39 is 29.9 Å². The summed E-state index contributed by atoms with van der Waals surface area (Å²) in [7, 11) is 0. The molecule has 0 aromatic heterocycles. The van der Waals surface area contributed by atoms with Crippen LogP contribution in [0.2, 0.25) is 0 Å². The van der Waals surface area contributed by atoms with Crippen LogP contribution in [0.4, 0.5) is 15.3 Å². The fourth-order valence-electron chi connectivity index (χ4n) is 5.74. The molecule has 4 rings (SSSR count). The molecular formula is C27H39N5O7. The van der Waals surface area contributed by atoms with Crippen LogP contribution in [0.25, 0.3) is 0 Å². The number of alkyl carbamates (subject to hydrolysis) is 1. The van der Waals surface area contributed by atoms with E-state index in [9.17, 15) is 24.4 Å². The molecule has 1 aliphatic carbocycles. The van der Waals surface area contributed by atoms with Crippen molar-refractivity contribution in [3.63, 3.8) is 0 Å². The van der Waals surface area contributed by atoms with E-state index in [1.54, 1.807) is 22.2 Å². The van der Waals surface area contributed by atoms with Gasteiger partial charge in [-0.15, -0.1) is 0 Å². The molecule has 214 valence electrons. The molecule has 12 nitrogen and oxygen atoms in total. The van der Waals surface area contributed by atoms with E-state index in [4.69, 9.17) is 9.47 Å². The number of nitrogens with one attached hydrogen (secondary N) is 2. The van der Waals surface area contributed by atoms with Crippen molar-refractivity contribution in [1.29, 1.82) is 0 Å². The topological polar surface area (TPSA) is 141 Å². The van der Waals surface area contributed by atoms with Crippen LogP contribution in [0.1, 0.15) is 39.0 Å². The average molecular weight is 546 g/mol. The van der Waals surface area contributed by atoms with Crippen molar-refractivity contribution < 1.29 is 33.9 Å². The second-order valence-electron chi connectivity index (χ2n) is 10.3. The fourth-order valence-corrected chi connectivity index (χ4v) is 5.74. The van der Waals surface area contributed by atoms with Gasteiger partial charge in [0.2, 0.25) is 11.8 Å². The summed E-state index contributed by atoms with van der Waals surface area (Å²) in [6.07, 6.45) is 0.670. The van der Waals surface area contributed by atoms with Crippen molar-refractivity contribution in [2.24, 2.45) is 11.8 Å². The van der Waals surface area contributed by atoms with Crippen LogP contribution in [-0.2, 0) is 19.1 Å². The summed E-state index contributed by atoms with van der Waals surface area (Å²) in [5.41, 5.74) is 2.81. The number of amides is 4. The average Bonchev–Trinajstić information content (AvgIpc) is 2.97. The molecule has 1 saturated carbocycles. The SMILES string of the molecule is CCOC(=O)N1CCC(NC(=O)O[C@@H]2CC[C@H](C(=O)N3CCN(c4ccccc4)CC3)[C@@H](C(=O)NO)C2)CC1. The van der Waals surface area contributed by atoms with Gasteiger partial charge < -0.3 is 29.5 Å². The van der Waals surface area contributed by atoms with Crippen LogP contribution in [0.15, 0.2) is 30.3 Å². The number of carbonyl (C=O) groups excluding carboxylic acids is 4. The molecule has 4 amide bonds. The molecule has 39 heavy (non-hydrogen) atoms. The lowest BCUT2D eigenvalue weighted by molar-refractivity contribution is -0.149. The Bertz CT molecular complexity index is 993. The van der Waals surface area contributed by atoms with Gasteiger partial charge in [-0.05, 0) is 51.2 Å². The van der Waals surface area contributed by atoms with Gasteiger partial charge in [0.15, 0.2) is 0 Å². The van der Waals surface area contributed by atoms with Crippen molar-refractivity contribution in [2.75, 3.05) is 50.8 Å². The maximum absolute atomic E-state index is 13.4. The standard InChI is InChI=1S/C27H39N5O7/c1-2-38-27(36)32-12-10-19(11-13-32)28-26(35)39-21-8-9-22(23(18-21)24(33)29-37)25(34)31-16-14-30(15-17-31)20-6-4-3-5-7-20/h3-7,19,21-23,37H,2,8-18H2,1H3,(H,28,35)(H,29,33)/t21-,22+,23+/m1/s1. The minimum Gasteiger partial charge on any atom is -0.450 e. The highest BCUT2D eigenvalue weighted by atomic mass is 16.6. The summed E-state index contributed by atoms with van der Waals surface area (Å²) in [5.74, 6) is -2.13. The molecule has 0 bridgehead atoms. The van der Waals surface area contributed by atoms with Gasteiger partial charge in [0, 0.05) is 51.0 Å². The molecule has 2 aliphatic heterocycles. The summed E-state index contributed by atoms with van der Waals surface area (Å²) in [4.78, 5) is 56.0. The summed E-state index contributed by atoms with van der Waals surface area (Å²) in [5, 5.41) is 12.2. The normalized spacial score (nSPS) is 24.1. The molecule has 0 radical (unpaired) electrons. The lowest BCUT2D eigenvalue weighted by Gasteiger charge is -2.40. The van der Waals surface area contributed by atoms with Gasteiger partial charge in [0.25, 0.3) is 0 Å². The minimum atomic E-state index is -0.797. The quantitative estimate of drug-likeness (QED) is 0.364. The first-order chi connectivity index (χ1) is 18.9. The van der Waals surface area contributed by atoms with Crippen LogP contribution < -0.4 is 15.7 Å². The zero-order valence-electron chi connectivity index (χ0n) is 22.4. The highest BCUT2D eigenvalue weighted by Crippen LogP contribution is 2.34. The number of nitrogens with zero attached hydrogens (tertiary/aromatic N) is 3. The Morgan fingerprint density at radius 3 is 2.23 bits per heavy atom. The van der Waals surface area contributed by atoms with Crippen LogP contribution in [0, 0.1) is 11.8 Å². The highest BCUT2D eigenvalue weighted by molar-refractivity contribution is 5.87. The largest absolute Gasteiger partial charge is 0.450 e. The molecule has 3 N–H and O–H groups in total. The van der Waals surface area contributed by atoms with Crippen molar-refractivity contribution in [3.8, 4) is 0 Å². The Labute approximate surface area is 228 Å². The number of likely N-dealkylation sites (tertiary alicyclic amines) is 1. The van der Waals surface area contributed by atoms with Gasteiger partial charge in [0.05, 0.1) is 18.4 Å². The van der Waals surface area contributed by atoms with Gasteiger partial charge in [-0.2, -0.15) is 0 Å². The molecule has 0 unspecified atom stereocenters. The molecule has 12 heteroatoms. The van der Waals surface area contributed by atoms with E-state index in [0.717, 1.165) is 5.69 Å². The highest BCUT2D eigenvalue weighted by Gasteiger charge is 2.42. The molecular weight excluding hydrogens is 506 g/mol. The van der Waals surface area contributed by atoms with Gasteiger partial charge in [-0.1, -0.05) is 18.2 Å². The van der Waals surface area contributed by atoms with Gasteiger partial charge in [0.1, 0.15) is 6.10 Å². The Hall–Kier alpha value is -3.54. The molecule has 3 atom stereocenters. The van der Waals surface area contributed by atoms with E-state index in [1.165, 1.54) is 0 Å². The summed E-state index contributed by atoms with van der Waals surface area (Å²) >= 11 is 0. The van der Waals surface area contributed by atoms with Crippen molar-refractivity contribution in [1.82, 2.24) is 20.6 Å². The maximum atomic E-state index is 13.4. The number of piperidine rings is 1. The van der Waals surface area contributed by atoms with E-state index in [2.05, 4.69) is 10.2 Å². The lowest BCUT2D eigenvalue weighted by Crippen LogP contribution is -2.53.